The van der Waals surface area contributed by atoms with E-state index >= 15 is 0 Å². The SMILES string of the molecule is C[C]1CCC(CCCC[C]2CCC(c3cc(F)c(C)c(F)c3)CC2)CC1. The number of hydrogen-bond acceptors (Lipinski definition) is 0. The molecule has 0 aromatic heterocycles. The monoisotopic (exact) mass is 360 g/mol. The van der Waals surface area contributed by atoms with E-state index < -0.39 is 11.6 Å². The molecule has 0 bridgehead atoms. The lowest BCUT2D eigenvalue weighted by Crippen LogP contribution is -2.13. The summed E-state index contributed by atoms with van der Waals surface area (Å²) in [6.45, 7) is 3.82. The van der Waals surface area contributed by atoms with E-state index in [2.05, 4.69) is 6.92 Å². The molecule has 2 radical (unpaired) electrons. The van der Waals surface area contributed by atoms with Gasteiger partial charge < -0.3 is 0 Å². The van der Waals surface area contributed by atoms with Crippen molar-refractivity contribution < 1.29 is 8.78 Å². The van der Waals surface area contributed by atoms with Gasteiger partial charge in [-0.05, 0) is 106 Å². The summed E-state index contributed by atoms with van der Waals surface area (Å²) in [5.74, 6) is 3.87. The lowest BCUT2D eigenvalue weighted by atomic mass is 9.76. The molecule has 0 spiro atoms. The summed E-state index contributed by atoms with van der Waals surface area (Å²) in [5, 5.41) is 0. The fourth-order valence-corrected chi connectivity index (χ4v) is 4.78. The predicted molar refractivity (Wildman–Crippen MR) is 105 cm³/mol. The summed E-state index contributed by atoms with van der Waals surface area (Å²) in [4.78, 5) is 0. The van der Waals surface area contributed by atoms with Crippen LogP contribution in [0.15, 0.2) is 12.1 Å². The van der Waals surface area contributed by atoms with E-state index in [0.29, 0.717) is 5.92 Å². The first kappa shape index (κ1) is 19.8. The zero-order valence-electron chi connectivity index (χ0n) is 16.6. The van der Waals surface area contributed by atoms with Crippen LogP contribution in [-0.4, -0.2) is 0 Å². The van der Waals surface area contributed by atoms with Crippen molar-refractivity contribution in [2.75, 3.05) is 0 Å². The van der Waals surface area contributed by atoms with E-state index in [-0.39, 0.29) is 5.56 Å². The molecule has 2 heteroatoms. The second-order valence-electron chi connectivity index (χ2n) is 8.78. The Balaban J connectivity index is 1.35. The summed E-state index contributed by atoms with van der Waals surface area (Å²) in [5.41, 5.74) is 0.997. The fraction of sp³-hybridized carbons (Fsp3) is 0.667. The van der Waals surface area contributed by atoms with Gasteiger partial charge in [0.05, 0.1) is 0 Å². The Morgan fingerprint density at radius 2 is 1.46 bits per heavy atom. The lowest BCUT2D eigenvalue weighted by molar-refractivity contribution is 0.344. The molecule has 0 N–H and O–H groups in total. The van der Waals surface area contributed by atoms with Gasteiger partial charge in [-0.1, -0.05) is 26.2 Å². The third-order valence-electron chi connectivity index (χ3n) is 6.82. The molecule has 2 saturated carbocycles. The van der Waals surface area contributed by atoms with Gasteiger partial charge in [-0.15, -0.1) is 0 Å². The van der Waals surface area contributed by atoms with Crippen molar-refractivity contribution in [2.45, 2.75) is 96.8 Å². The first-order chi connectivity index (χ1) is 12.5. The highest BCUT2D eigenvalue weighted by molar-refractivity contribution is 5.28. The Morgan fingerprint density at radius 3 is 2.08 bits per heavy atom. The highest BCUT2D eigenvalue weighted by Gasteiger charge is 2.24. The Kier molecular flexibility index (Phi) is 7.12. The summed E-state index contributed by atoms with van der Waals surface area (Å²) < 4.78 is 27.6. The molecule has 0 atom stereocenters. The summed E-state index contributed by atoms with van der Waals surface area (Å²) in [7, 11) is 0. The van der Waals surface area contributed by atoms with Crippen molar-refractivity contribution in [3.05, 3.63) is 46.7 Å². The van der Waals surface area contributed by atoms with Gasteiger partial charge in [0.15, 0.2) is 0 Å². The van der Waals surface area contributed by atoms with Crippen molar-refractivity contribution in [2.24, 2.45) is 5.92 Å². The van der Waals surface area contributed by atoms with Gasteiger partial charge >= 0.3 is 0 Å². The van der Waals surface area contributed by atoms with Gasteiger partial charge in [-0.2, -0.15) is 0 Å². The van der Waals surface area contributed by atoms with E-state index in [1.165, 1.54) is 58.3 Å². The number of hydrogen-bond donors (Lipinski definition) is 0. The number of rotatable bonds is 6. The van der Waals surface area contributed by atoms with Crippen LogP contribution in [0, 0.1) is 36.3 Å². The van der Waals surface area contributed by atoms with Crippen LogP contribution in [0.2, 0.25) is 0 Å². The molecule has 0 heterocycles. The Labute approximate surface area is 158 Å². The number of halogens is 2. The summed E-state index contributed by atoms with van der Waals surface area (Å²) >= 11 is 0. The zero-order chi connectivity index (χ0) is 18.5. The standard InChI is InChI=1S/C24H34F2/c1-17-7-9-19(10-8-17)5-3-4-6-20-11-13-21(14-12-20)22-15-23(25)18(2)24(26)16-22/h15-16,19,21H,3-14H2,1-2H3. The van der Waals surface area contributed by atoms with Crippen LogP contribution in [-0.2, 0) is 0 Å². The maximum atomic E-state index is 13.8. The van der Waals surface area contributed by atoms with Gasteiger partial charge in [-0.25, -0.2) is 8.78 Å². The third kappa shape index (κ3) is 5.30. The van der Waals surface area contributed by atoms with Crippen molar-refractivity contribution >= 4 is 0 Å². The molecule has 0 unspecified atom stereocenters. The van der Waals surface area contributed by atoms with Gasteiger partial charge in [-0.3, -0.25) is 0 Å². The largest absolute Gasteiger partial charge is 0.207 e. The number of benzene rings is 1. The van der Waals surface area contributed by atoms with Gasteiger partial charge in [0.1, 0.15) is 11.6 Å². The van der Waals surface area contributed by atoms with E-state index in [4.69, 9.17) is 0 Å². The lowest BCUT2D eigenvalue weighted by Gasteiger charge is -2.29. The molecule has 1 aromatic carbocycles. The average Bonchev–Trinajstić information content (AvgIpc) is 2.65. The third-order valence-corrected chi connectivity index (χ3v) is 6.82. The van der Waals surface area contributed by atoms with Crippen molar-refractivity contribution in [3.8, 4) is 0 Å². The minimum atomic E-state index is -0.398. The van der Waals surface area contributed by atoms with Gasteiger partial charge in [0.25, 0.3) is 0 Å². The predicted octanol–water partition coefficient (Wildman–Crippen LogP) is 7.85. The minimum Gasteiger partial charge on any atom is -0.207 e. The average molecular weight is 361 g/mol. The molecule has 144 valence electrons. The maximum Gasteiger partial charge on any atom is 0.129 e. The van der Waals surface area contributed by atoms with Crippen molar-refractivity contribution in [3.63, 3.8) is 0 Å². The van der Waals surface area contributed by atoms with Gasteiger partial charge in [0.2, 0.25) is 0 Å². The molecule has 3 rings (SSSR count). The topological polar surface area (TPSA) is 0 Å². The molecular weight excluding hydrogens is 326 g/mol. The van der Waals surface area contributed by atoms with Crippen LogP contribution in [0.3, 0.4) is 0 Å². The van der Waals surface area contributed by atoms with Crippen molar-refractivity contribution in [1.82, 2.24) is 0 Å². The van der Waals surface area contributed by atoms with Crippen LogP contribution in [0.25, 0.3) is 0 Å². The maximum absolute atomic E-state index is 13.8. The quantitative estimate of drug-likeness (QED) is 0.453. The molecule has 0 aliphatic heterocycles. The molecule has 1 aromatic rings. The zero-order valence-corrected chi connectivity index (χ0v) is 16.6. The summed E-state index contributed by atoms with van der Waals surface area (Å²) in [6, 6.07) is 3.11. The Hall–Kier alpha value is -0.920. The van der Waals surface area contributed by atoms with Crippen LogP contribution in [0.1, 0.15) is 101 Å². The van der Waals surface area contributed by atoms with E-state index in [1.807, 2.05) is 0 Å². The highest BCUT2D eigenvalue weighted by atomic mass is 19.1. The second kappa shape index (κ2) is 9.33. The fourth-order valence-electron chi connectivity index (χ4n) is 4.78. The van der Waals surface area contributed by atoms with Crippen molar-refractivity contribution in [1.29, 1.82) is 0 Å². The molecular formula is C24H34F2. The van der Waals surface area contributed by atoms with Crippen LogP contribution in [0.4, 0.5) is 8.78 Å². The Morgan fingerprint density at radius 1 is 0.846 bits per heavy atom. The smallest absolute Gasteiger partial charge is 0.129 e. The van der Waals surface area contributed by atoms with E-state index in [9.17, 15) is 8.78 Å². The molecule has 26 heavy (non-hydrogen) atoms. The first-order valence-corrected chi connectivity index (χ1v) is 10.6. The summed E-state index contributed by atoms with van der Waals surface area (Å²) in [6.07, 6.45) is 15.3. The van der Waals surface area contributed by atoms with Crippen LogP contribution in [0.5, 0.6) is 0 Å². The molecule has 0 amide bonds. The van der Waals surface area contributed by atoms with Gasteiger partial charge in [0, 0.05) is 5.56 Å². The molecule has 2 aliphatic rings. The van der Waals surface area contributed by atoms with Crippen LogP contribution >= 0.6 is 0 Å². The first-order valence-electron chi connectivity index (χ1n) is 10.6. The van der Waals surface area contributed by atoms with E-state index in [1.54, 1.807) is 24.0 Å². The molecule has 0 nitrogen and oxygen atoms in total. The normalized spacial score (nSPS) is 21.4. The second-order valence-corrected chi connectivity index (χ2v) is 8.78. The van der Waals surface area contributed by atoms with Crippen LogP contribution < -0.4 is 0 Å². The molecule has 2 aliphatic carbocycles. The number of unbranched alkanes of at least 4 members (excludes halogenated alkanes) is 1. The van der Waals surface area contributed by atoms with E-state index in [0.717, 1.165) is 37.2 Å². The molecule has 2 fully saturated rings. The molecule has 0 saturated heterocycles. The Bertz CT molecular complexity index is 541. The highest BCUT2D eigenvalue weighted by Crippen LogP contribution is 2.40. The minimum absolute atomic E-state index is 0.142.